The van der Waals surface area contributed by atoms with Gasteiger partial charge < -0.3 is 15.2 Å². The maximum Gasteiger partial charge on any atom is 0.150 e. The smallest absolute Gasteiger partial charge is 0.150 e. The van der Waals surface area contributed by atoms with Gasteiger partial charge in [-0.3, -0.25) is 4.68 Å². The molecule has 18 heavy (non-hydrogen) atoms. The molecule has 0 aliphatic carbocycles. The number of aryl methyl sites for hydroxylation is 2. The Morgan fingerprint density at radius 1 is 1.39 bits per heavy atom. The van der Waals surface area contributed by atoms with Crippen LogP contribution in [0.1, 0.15) is 17.9 Å². The van der Waals surface area contributed by atoms with E-state index in [2.05, 4.69) is 20.9 Å². The van der Waals surface area contributed by atoms with E-state index < -0.39 is 0 Å². The van der Waals surface area contributed by atoms with Crippen LogP contribution in [0.2, 0.25) is 0 Å². The zero-order valence-corrected chi connectivity index (χ0v) is 10.8. The van der Waals surface area contributed by atoms with E-state index >= 15 is 0 Å². The van der Waals surface area contributed by atoms with Crippen LogP contribution in [-0.2, 0) is 13.6 Å². The average Bonchev–Trinajstić information content (AvgIpc) is 2.93. The van der Waals surface area contributed by atoms with Crippen LogP contribution in [0.25, 0.3) is 0 Å². The molecule has 6 heteroatoms. The quantitative estimate of drug-likeness (QED) is 0.724. The SMILES string of the molecule is Cc1cc(CNCCCNc2cnn(C)c2)on1. The topological polar surface area (TPSA) is 67.9 Å². The number of aromatic nitrogens is 3. The van der Waals surface area contributed by atoms with Crippen LogP contribution >= 0.6 is 0 Å². The minimum Gasteiger partial charge on any atom is -0.382 e. The zero-order chi connectivity index (χ0) is 12.8. The van der Waals surface area contributed by atoms with Crippen molar-refractivity contribution in [2.75, 3.05) is 18.4 Å². The molecule has 0 amide bonds. The summed E-state index contributed by atoms with van der Waals surface area (Å²) >= 11 is 0. The number of hydrogen-bond acceptors (Lipinski definition) is 5. The molecule has 98 valence electrons. The molecule has 0 spiro atoms. The van der Waals surface area contributed by atoms with Gasteiger partial charge in [0.1, 0.15) is 0 Å². The summed E-state index contributed by atoms with van der Waals surface area (Å²) in [7, 11) is 1.91. The summed E-state index contributed by atoms with van der Waals surface area (Å²) in [6, 6.07) is 1.95. The lowest BCUT2D eigenvalue weighted by atomic mass is 10.3. The molecular formula is C12H19N5O. The number of hydrogen-bond donors (Lipinski definition) is 2. The van der Waals surface area contributed by atoms with Crippen molar-refractivity contribution >= 4 is 5.69 Å². The van der Waals surface area contributed by atoms with Gasteiger partial charge in [-0.2, -0.15) is 5.10 Å². The summed E-state index contributed by atoms with van der Waals surface area (Å²) in [4.78, 5) is 0. The molecule has 2 N–H and O–H groups in total. The van der Waals surface area contributed by atoms with Crippen molar-refractivity contribution in [3.63, 3.8) is 0 Å². The lowest BCUT2D eigenvalue weighted by molar-refractivity contribution is 0.369. The Balaban J connectivity index is 1.54. The predicted molar refractivity (Wildman–Crippen MR) is 69.3 cm³/mol. The van der Waals surface area contributed by atoms with Gasteiger partial charge in [0.2, 0.25) is 0 Å². The molecular weight excluding hydrogens is 230 g/mol. The van der Waals surface area contributed by atoms with Gasteiger partial charge in [0.25, 0.3) is 0 Å². The largest absolute Gasteiger partial charge is 0.382 e. The normalized spacial score (nSPS) is 10.8. The van der Waals surface area contributed by atoms with E-state index in [1.54, 1.807) is 4.68 Å². The van der Waals surface area contributed by atoms with Crippen LogP contribution in [0.4, 0.5) is 5.69 Å². The maximum atomic E-state index is 5.10. The van der Waals surface area contributed by atoms with Crippen LogP contribution in [-0.4, -0.2) is 28.0 Å². The third-order valence-electron chi connectivity index (χ3n) is 2.54. The van der Waals surface area contributed by atoms with E-state index in [1.807, 2.05) is 32.4 Å². The highest BCUT2D eigenvalue weighted by Crippen LogP contribution is 2.03. The van der Waals surface area contributed by atoms with Crippen molar-refractivity contribution in [2.24, 2.45) is 7.05 Å². The molecule has 0 aliphatic rings. The molecule has 0 bridgehead atoms. The highest BCUT2D eigenvalue weighted by Gasteiger charge is 1.99. The van der Waals surface area contributed by atoms with Gasteiger partial charge in [0, 0.05) is 25.9 Å². The summed E-state index contributed by atoms with van der Waals surface area (Å²) in [5.41, 5.74) is 1.98. The van der Waals surface area contributed by atoms with Gasteiger partial charge in [-0.15, -0.1) is 0 Å². The van der Waals surface area contributed by atoms with E-state index in [0.717, 1.165) is 43.2 Å². The summed E-state index contributed by atoms with van der Waals surface area (Å²) < 4.78 is 6.89. The van der Waals surface area contributed by atoms with E-state index in [1.165, 1.54) is 0 Å². The number of rotatable bonds is 7. The minimum atomic E-state index is 0.730. The van der Waals surface area contributed by atoms with Gasteiger partial charge in [-0.05, 0) is 19.9 Å². The Morgan fingerprint density at radius 3 is 2.94 bits per heavy atom. The fraction of sp³-hybridized carbons (Fsp3) is 0.500. The zero-order valence-electron chi connectivity index (χ0n) is 10.8. The number of nitrogens with zero attached hydrogens (tertiary/aromatic N) is 3. The average molecular weight is 249 g/mol. The van der Waals surface area contributed by atoms with Crippen LogP contribution < -0.4 is 10.6 Å². The molecule has 2 rings (SSSR count). The molecule has 0 saturated carbocycles. The highest BCUT2D eigenvalue weighted by atomic mass is 16.5. The lowest BCUT2D eigenvalue weighted by Gasteiger charge is -2.04. The Kier molecular flexibility index (Phi) is 4.35. The van der Waals surface area contributed by atoms with E-state index in [-0.39, 0.29) is 0 Å². The van der Waals surface area contributed by atoms with Gasteiger partial charge >= 0.3 is 0 Å². The third-order valence-corrected chi connectivity index (χ3v) is 2.54. The summed E-state index contributed by atoms with van der Waals surface area (Å²) in [5.74, 6) is 0.882. The first-order valence-electron chi connectivity index (χ1n) is 6.09. The predicted octanol–water partition coefficient (Wildman–Crippen LogP) is 1.31. The van der Waals surface area contributed by atoms with Gasteiger partial charge in [-0.1, -0.05) is 5.16 Å². The molecule has 0 aliphatic heterocycles. The van der Waals surface area contributed by atoms with Crippen LogP contribution in [0, 0.1) is 6.92 Å². The van der Waals surface area contributed by atoms with Crippen LogP contribution in [0.5, 0.6) is 0 Å². The fourth-order valence-corrected chi connectivity index (χ4v) is 1.67. The summed E-state index contributed by atoms with van der Waals surface area (Å²) in [6.45, 7) is 4.51. The molecule has 2 aromatic rings. The second-order valence-electron chi connectivity index (χ2n) is 4.29. The molecule has 0 atom stereocenters. The van der Waals surface area contributed by atoms with Gasteiger partial charge in [0.15, 0.2) is 5.76 Å². The van der Waals surface area contributed by atoms with Gasteiger partial charge in [-0.25, -0.2) is 0 Å². The molecule has 6 nitrogen and oxygen atoms in total. The highest BCUT2D eigenvalue weighted by molar-refractivity contribution is 5.37. The first-order valence-corrected chi connectivity index (χ1v) is 6.09. The summed E-state index contributed by atoms with van der Waals surface area (Å²) in [5, 5.41) is 14.6. The van der Waals surface area contributed by atoms with Crippen LogP contribution in [0.3, 0.4) is 0 Å². The standard InChI is InChI=1S/C12H19N5O/c1-10-6-12(18-16-10)8-13-4-3-5-14-11-7-15-17(2)9-11/h6-7,9,13-14H,3-5,8H2,1-2H3. The van der Waals surface area contributed by atoms with E-state index in [9.17, 15) is 0 Å². The minimum absolute atomic E-state index is 0.730. The Morgan fingerprint density at radius 2 is 2.28 bits per heavy atom. The second kappa shape index (κ2) is 6.20. The Bertz CT molecular complexity index is 432. The third kappa shape index (κ3) is 3.89. The molecule has 0 unspecified atom stereocenters. The first kappa shape index (κ1) is 12.6. The molecule has 0 aromatic carbocycles. The Labute approximate surface area is 106 Å². The summed E-state index contributed by atoms with van der Waals surface area (Å²) in [6.07, 6.45) is 4.83. The van der Waals surface area contributed by atoms with Crippen molar-refractivity contribution in [3.8, 4) is 0 Å². The number of nitrogens with one attached hydrogen (secondary N) is 2. The van der Waals surface area contributed by atoms with E-state index in [4.69, 9.17) is 4.52 Å². The van der Waals surface area contributed by atoms with Gasteiger partial charge in [0.05, 0.1) is 24.1 Å². The van der Waals surface area contributed by atoms with Crippen molar-refractivity contribution in [2.45, 2.75) is 19.9 Å². The monoisotopic (exact) mass is 249 g/mol. The molecule has 0 radical (unpaired) electrons. The van der Waals surface area contributed by atoms with Crippen LogP contribution in [0.15, 0.2) is 23.0 Å². The van der Waals surface area contributed by atoms with Crippen molar-refractivity contribution < 1.29 is 4.52 Å². The molecule has 0 fully saturated rings. The van der Waals surface area contributed by atoms with Crippen molar-refractivity contribution in [1.29, 1.82) is 0 Å². The molecule has 2 heterocycles. The first-order chi connectivity index (χ1) is 8.74. The molecule has 2 aromatic heterocycles. The van der Waals surface area contributed by atoms with Crippen molar-refractivity contribution in [3.05, 3.63) is 29.9 Å². The second-order valence-corrected chi connectivity index (χ2v) is 4.29. The number of anilines is 1. The van der Waals surface area contributed by atoms with E-state index in [0.29, 0.717) is 0 Å². The fourth-order valence-electron chi connectivity index (χ4n) is 1.67. The maximum absolute atomic E-state index is 5.10. The van der Waals surface area contributed by atoms with Crippen molar-refractivity contribution in [1.82, 2.24) is 20.3 Å². The lowest BCUT2D eigenvalue weighted by Crippen LogP contribution is -2.17. The Hall–Kier alpha value is -1.82. The molecule has 0 saturated heterocycles.